The van der Waals surface area contributed by atoms with Crippen molar-refractivity contribution in [2.24, 2.45) is 5.73 Å². The number of carbonyl (C=O) groups excluding carboxylic acids is 2. The first kappa shape index (κ1) is 24.0. The number of thioether (sulfide) groups is 1. The van der Waals surface area contributed by atoms with E-state index in [1.165, 1.54) is 6.08 Å². The Morgan fingerprint density at radius 3 is 2.46 bits per heavy atom. The van der Waals surface area contributed by atoms with Crippen LogP contribution >= 0.6 is 11.8 Å². The van der Waals surface area contributed by atoms with Gasteiger partial charge in [0.05, 0.1) is 0 Å². The van der Waals surface area contributed by atoms with Crippen molar-refractivity contribution >= 4 is 39.3 Å². The van der Waals surface area contributed by atoms with E-state index in [2.05, 4.69) is 17.2 Å². The van der Waals surface area contributed by atoms with Gasteiger partial charge >= 0.3 is 162 Å². The Bertz CT molecular complexity index is 596. The molecule has 0 aromatic carbocycles. The molecule has 0 spiro atoms. The molecule has 0 bridgehead atoms. The van der Waals surface area contributed by atoms with Crippen LogP contribution in [0.1, 0.15) is 12.8 Å². The number of nitrogens with one attached hydrogen (secondary N) is 2. The van der Waals surface area contributed by atoms with Gasteiger partial charge in [0, 0.05) is 0 Å². The first-order chi connectivity index (χ1) is 12.2. The molecule has 0 fully saturated rings. The molecule has 0 saturated heterocycles. The van der Waals surface area contributed by atoms with Gasteiger partial charge in [-0.15, -0.1) is 0 Å². The number of aliphatic carboxylic acids is 2. The van der Waals surface area contributed by atoms with Gasteiger partial charge in [0.15, 0.2) is 0 Å². The van der Waals surface area contributed by atoms with Crippen molar-refractivity contribution in [3.8, 4) is 0 Å². The Balaban J connectivity index is 4.76. The van der Waals surface area contributed by atoms with E-state index in [0.717, 1.165) is 11.8 Å². The summed E-state index contributed by atoms with van der Waals surface area (Å²) in [5.41, 5.74) is 5.32. The molecule has 0 unspecified atom stereocenters. The van der Waals surface area contributed by atoms with Gasteiger partial charge in [0.1, 0.15) is 0 Å². The first-order valence-corrected chi connectivity index (χ1v) is 8.83. The van der Waals surface area contributed by atoms with Crippen molar-refractivity contribution in [2.75, 3.05) is 12.3 Å². The SMILES string of the molecule is C=C/C=C\[C](=[Ni])SC[C@H](NC(=O)CC[C@H](N)C(=O)O)C(=O)NCC(=O)O. The van der Waals surface area contributed by atoms with Crippen LogP contribution in [0.15, 0.2) is 24.8 Å². The van der Waals surface area contributed by atoms with E-state index in [4.69, 9.17) is 31.0 Å². The Hall–Kier alpha value is -1.97. The number of carbonyl (C=O) groups is 4. The standard InChI is InChI=1S/C15H21N3O6S.Ni/c1-2-3-4-7-25-9-11(14(22)17-8-13(20)21)18-12(19)6-5-10(16)15(23)24;/h2-4,10-11H,1,5-6,8-9,16H2,(H,17,22)(H,18,19)(H,20,21)(H,23,24);/b4-3-;/t10-,11-;/m0./s1. The van der Waals surface area contributed by atoms with E-state index in [1.807, 2.05) is 0 Å². The van der Waals surface area contributed by atoms with E-state index in [0.29, 0.717) is 3.82 Å². The number of carboxylic acids is 2. The normalized spacial score (nSPS) is 12.9. The number of carboxylic acid groups (broad SMARTS) is 2. The van der Waals surface area contributed by atoms with Gasteiger partial charge in [-0.05, 0) is 0 Å². The predicted octanol–water partition coefficient (Wildman–Crippen LogP) is -0.984. The molecule has 0 saturated carbocycles. The Morgan fingerprint density at radius 2 is 1.92 bits per heavy atom. The summed E-state index contributed by atoms with van der Waals surface area (Å²) in [5, 5.41) is 21.9. The maximum absolute atomic E-state index is 12.1. The fraction of sp³-hybridized carbons (Fsp3) is 0.400. The minimum atomic E-state index is -1.23. The third kappa shape index (κ3) is 11.6. The first-order valence-electron chi connectivity index (χ1n) is 7.35. The summed E-state index contributed by atoms with van der Waals surface area (Å²) in [5.74, 6) is -3.63. The average molecular weight is 430 g/mol. The Labute approximate surface area is 162 Å². The molecular weight excluding hydrogens is 409 g/mol. The van der Waals surface area contributed by atoms with Gasteiger partial charge in [0.25, 0.3) is 0 Å². The van der Waals surface area contributed by atoms with E-state index in [9.17, 15) is 19.2 Å². The third-order valence-electron chi connectivity index (χ3n) is 2.80. The van der Waals surface area contributed by atoms with E-state index < -0.39 is 42.4 Å². The molecule has 0 aromatic heterocycles. The summed E-state index contributed by atoms with van der Waals surface area (Å²) in [6.45, 7) is 2.91. The van der Waals surface area contributed by atoms with Gasteiger partial charge in [-0.2, -0.15) is 0 Å². The summed E-state index contributed by atoms with van der Waals surface area (Å²) < 4.78 is 0.489. The zero-order chi connectivity index (χ0) is 20.1. The van der Waals surface area contributed by atoms with Gasteiger partial charge in [-0.3, -0.25) is 0 Å². The predicted molar refractivity (Wildman–Crippen MR) is 94.2 cm³/mol. The second-order valence-corrected chi connectivity index (χ2v) is 6.77. The zero-order valence-corrected chi connectivity index (χ0v) is 15.6. The van der Waals surface area contributed by atoms with Crippen LogP contribution in [-0.2, 0) is 34.2 Å². The molecule has 148 valence electrons. The fourth-order valence-corrected chi connectivity index (χ4v) is 2.56. The quantitative estimate of drug-likeness (QED) is 0.184. The second kappa shape index (κ2) is 13.3. The van der Waals surface area contributed by atoms with Gasteiger partial charge in [0.2, 0.25) is 0 Å². The van der Waals surface area contributed by atoms with Crippen molar-refractivity contribution in [2.45, 2.75) is 24.9 Å². The molecule has 26 heavy (non-hydrogen) atoms. The van der Waals surface area contributed by atoms with Crippen LogP contribution in [0.3, 0.4) is 0 Å². The molecule has 11 heteroatoms. The van der Waals surface area contributed by atoms with Crippen LogP contribution in [0, 0.1) is 0 Å². The number of rotatable bonds is 13. The van der Waals surface area contributed by atoms with Crippen molar-refractivity contribution in [3.63, 3.8) is 0 Å². The van der Waals surface area contributed by atoms with Crippen molar-refractivity contribution < 1.29 is 44.4 Å². The van der Waals surface area contributed by atoms with Crippen LogP contribution in [0.25, 0.3) is 0 Å². The van der Waals surface area contributed by atoms with E-state index >= 15 is 0 Å². The molecule has 0 aliphatic heterocycles. The van der Waals surface area contributed by atoms with Crippen LogP contribution in [0.5, 0.6) is 0 Å². The molecule has 0 radical (unpaired) electrons. The molecule has 2 amide bonds. The number of hydrogen-bond donors (Lipinski definition) is 5. The number of amides is 2. The second-order valence-electron chi connectivity index (χ2n) is 4.89. The minimum absolute atomic E-state index is 0.0823. The van der Waals surface area contributed by atoms with Crippen LogP contribution in [0.2, 0.25) is 0 Å². The molecular formula is C15H21N3NiO6S. The Kier molecular flexibility index (Phi) is 12.3. The number of nitrogens with two attached hydrogens (primary N) is 1. The molecule has 6 N–H and O–H groups in total. The monoisotopic (exact) mass is 429 g/mol. The molecule has 9 nitrogen and oxygen atoms in total. The maximum atomic E-state index is 12.1. The summed E-state index contributed by atoms with van der Waals surface area (Å²) in [6.07, 6.45) is 4.48. The summed E-state index contributed by atoms with van der Waals surface area (Å²) in [7, 11) is 0. The molecule has 0 rings (SSSR count). The summed E-state index contributed by atoms with van der Waals surface area (Å²) in [6, 6.07) is -2.22. The summed E-state index contributed by atoms with van der Waals surface area (Å²) >= 11 is 5.87. The van der Waals surface area contributed by atoms with Gasteiger partial charge in [-0.1, -0.05) is 0 Å². The van der Waals surface area contributed by atoms with Crippen molar-refractivity contribution in [1.29, 1.82) is 0 Å². The average Bonchev–Trinajstić information content (AvgIpc) is 2.58. The fourth-order valence-electron chi connectivity index (χ4n) is 1.49. The van der Waals surface area contributed by atoms with Crippen molar-refractivity contribution in [1.82, 2.24) is 10.6 Å². The van der Waals surface area contributed by atoms with Crippen molar-refractivity contribution in [3.05, 3.63) is 24.8 Å². The van der Waals surface area contributed by atoms with E-state index in [-0.39, 0.29) is 18.6 Å². The van der Waals surface area contributed by atoms with Crippen LogP contribution in [0.4, 0.5) is 0 Å². The zero-order valence-electron chi connectivity index (χ0n) is 13.8. The topological polar surface area (TPSA) is 159 Å². The van der Waals surface area contributed by atoms with Crippen LogP contribution in [-0.4, -0.2) is 62.2 Å². The summed E-state index contributed by atoms with van der Waals surface area (Å²) in [4.78, 5) is 45.2. The van der Waals surface area contributed by atoms with E-state index in [1.54, 1.807) is 12.2 Å². The molecule has 0 aromatic rings. The Morgan fingerprint density at radius 1 is 1.27 bits per heavy atom. The molecule has 0 aliphatic carbocycles. The molecule has 0 heterocycles. The third-order valence-corrected chi connectivity index (χ3v) is 4.28. The van der Waals surface area contributed by atoms with Gasteiger partial charge in [-0.25, -0.2) is 0 Å². The van der Waals surface area contributed by atoms with Gasteiger partial charge < -0.3 is 0 Å². The number of allylic oxidation sites excluding steroid dienone is 2. The number of hydrogen-bond acceptors (Lipinski definition) is 6. The molecule has 2 atom stereocenters. The molecule has 0 aliphatic rings. The van der Waals surface area contributed by atoms with Crippen LogP contribution < -0.4 is 16.4 Å².